The molecular formula is C13H20S2. The zero-order valence-electron chi connectivity index (χ0n) is 9.41. The lowest BCUT2D eigenvalue weighted by atomic mass is 10.2. The summed E-state index contributed by atoms with van der Waals surface area (Å²) in [5, 5.41) is 0. The van der Waals surface area contributed by atoms with Gasteiger partial charge in [-0.1, -0.05) is 36.2 Å². The van der Waals surface area contributed by atoms with Crippen molar-refractivity contribution in [2.75, 3.05) is 11.5 Å². The highest BCUT2D eigenvalue weighted by molar-refractivity contribution is 7.98. The zero-order chi connectivity index (χ0) is 10.9. The lowest BCUT2D eigenvalue weighted by Gasteiger charge is -2.02. The van der Waals surface area contributed by atoms with E-state index in [0.29, 0.717) is 0 Å². The molecule has 0 radical (unpaired) electrons. The van der Waals surface area contributed by atoms with E-state index in [1.807, 2.05) is 11.8 Å². The topological polar surface area (TPSA) is 0 Å². The first-order valence-electron chi connectivity index (χ1n) is 5.57. The molecule has 0 bridgehead atoms. The largest absolute Gasteiger partial charge is 0.179 e. The van der Waals surface area contributed by atoms with Gasteiger partial charge in [0.15, 0.2) is 0 Å². The Morgan fingerprint density at radius 1 is 1.20 bits per heavy atom. The average molecular weight is 240 g/mol. The van der Waals surface area contributed by atoms with E-state index in [1.54, 1.807) is 0 Å². The van der Waals surface area contributed by atoms with Crippen LogP contribution >= 0.6 is 24.4 Å². The lowest BCUT2D eigenvalue weighted by Crippen LogP contribution is -1.85. The van der Waals surface area contributed by atoms with Crippen molar-refractivity contribution in [2.45, 2.75) is 31.9 Å². The van der Waals surface area contributed by atoms with E-state index in [1.165, 1.54) is 36.1 Å². The Balaban J connectivity index is 2.10. The molecule has 0 amide bonds. The van der Waals surface area contributed by atoms with Crippen LogP contribution in [0.1, 0.15) is 30.4 Å². The van der Waals surface area contributed by atoms with Gasteiger partial charge in [0.2, 0.25) is 0 Å². The molecule has 0 aliphatic rings. The third kappa shape index (κ3) is 6.16. The van der Waals surface area contributed by atoms with E-state index < -0.39 is 0 Å². The van der Waals surface area contributed by atoms with E-state index in [-0.39, 0.29) is 0 Å². The molecule has 0 aromatic heterocycles. The van der Waals surface area contributed by atoms with Crippen LogP contribution in [0.15, 0.2) is 24.3 Å². The summed E-state index contributed by atoms with van der Waals surface area (Å²) in [4.78, 5) is 0. The Morgan fingerprint density at radius 3 is 2.80 bits per heavy atom. The highest BCUT2D eigenvalue weighted by atomic mass is 32.2. The van der Waals surface area contributed by atoms with Gasteiger partial charge < -0.3 is 0 Å². The molecule has 0 aliphatic heterocycles. The number of hydrogen-bond acceptors (Lipinski definition) is 2. The minimum absolute atomic E-state index is 1.03. The van der Waals surface area contributed by atoms with Gasteiger partial charge in [-0.25, -0.2) is 0 Å². The molecule has 0 unspecified atom stereocenters. The molecule has 1 aromatic rings. The normalized spacial score (nSPS) is 10.5. The number of thioether (sulfide) groups is 1. The predicted octanol–water partition coefficient (Wildman–Crippen LogP) is 4.33. The first kappa shape index (κ1) is 13.0. The van der Waals surface area contributed by atoms with Gasteiger partial charge in [0.05, 0.1) is 0 Å². The molecular weight excluding hydrogens is 220 g/mol. The lowest BCUT2D eigenvalue weighted by molar-refractivity contribution is 0.787. The summed E-state index contributed by atoms with van der Waals surface area (Å²) in [5.41, 5.74) is 2.82. The van der Waals surface area contributed by atoms with Crippen LogP contribution in [-0.4, -0.2) is 11.5 Å². The van der Waals surface area contributed by atoms with Gasteiger partial charge in [-0.3, -0.25) is 0 Å². The summed E-state index contributed by atoms with van der Waals surface area (Å²) in [5.74, 6) is 3.47. The highest BCUT2D eigenvalue weighted by Crippen LogP contribution is 2.15. The van der Waals surface area contributed by atoms with Gasteiger partial charge >= 0.3 is 0 Å². The van der Waals surface area contributed by atoms with Crippen molar-refractivity contribution >= 4 is 24.4 Å². The first-order valence-corrected chi connectivity index (χ1v) is 7.36. The summed E-state index contributed by atoms with van der Waals surface area (Å²) in [6.45, 7) is 2.15. The molecule has 0 aliphatic carbocycles. The molecule has 0 heterocycles. The van der Waals surface area contributed by atoms with Crippen molar-refractivity contribution in [2.24, 2.45) is 0 Å². The molecule has 0 nitrogen and oxygen atoms in total. The van der Waals surface area contributed by atoms with Crippen molar-refractivity contribution in [1.82, 2.24) is 0 Å². The summed E-state index contributed by atoms with van der Waals surface area (Å²) < 4.78 is 0. The Kier molecular flexibility index (Phi) is 7.03. The van der Waals surface area contributed by atoms with Gasteiger partial charge in [-0.2, -0.15) is 24.4 Å². The number of thiol groups is 1. The van der Waals surface area contributed by atoms with Crippen LogP contribution < -0.4 is 0 Å². The SMILES string of the molecule is Cc1cccc(CSCCCCCS)c1. The van der Waals surface area contributed by atoms with Crippen molar-refractivity contribution in [3.8, 4) is 0 Å². The number of unbranched alkanes of at least 4 members (excludes halogenated alkanes) is 2. The predicted molar refractivity (Wildman–Crippen MR) is 75.0 cm³/mol. The Labute approximate surface area is 103 Å². The second-order valence-electron chi connectivity index (χ2n) is 3.83. The van der Waals surface area contributed by atoms with Gasteiger partial charge in [-0.05, 0) is 36.8 Å². The molecule has 15 heavy (non-hydrogen) atoms. The van der Waals surface area contributed by atoms with Crippen molar-refractivity contribution < 1.29 is 0 Å². The van der Waals surface area contributed by atoms with Gasteiger partial charge in [0, 0.05) is 5.75 Å². The maximum Gasteiger partial charge on any atom is 0.0184 e. The third-order valence-electron chi connectivity index (χ3n) is 2.30. The van der Waals surface area contributed by atoms with Crippen molar-refractivity contribution in [1.29, 1.82) is 0 Å². The maximum absolute atomic E-state index is 4.21. The van der Waals surface area contributed by atoms with E-state index >= 15 is 0 Å². The first-order chi connectivity index (χ1) is 7.33. The third-order valence-corrected chi connectivity index (χ3v) is 3.73. The average Bonchev–Trinajstić information content (AvgIpc) is 2.23. The van der Waals surface area contributed by atoms with Crippen LogP contribution in [-0.2, 0) is 5.75 Å². The molecule has 0 spiro atoms. The van der Waals surface area contributed by atoms with Crippen LogP contribution in [0.2, 0.25) is 0 Å². The minimum atomic E-state index is 1.03. The molecule has 84 valence electrons. The molecule has 0 saturated carbocycles. The van der Waals surface area contributed by atoms with E-state index in [0.717, 1.165) is 11.5 Å². The van der Waals surface area contributed by atoms with E-state index in [2.05, 4.69) is 43.8 Å². The minimum Gasteiger partial charge on any atom is -0.179 e. The Bertz CT molecular complexity index is 271. The van der Waals surface area contributed by atoms with Gasteiger partial charge in [0.25, 0.3) is 0 Å². The fourth-order valence-corrected chi connectivity index (χ4v) is 2.68. The Hall–Kier alpha value is -0.0800. The molecule has 0 saturated heterocycles. The van der Waals surface area contributed by atoms with Crippen LogP contribution in [0, 0.1) is 6.92 Å². The number of aryl methyl sites for hydroxylation is 1. The summed E-state index contributed by atoms with van der Waals surface area (Å²) in [6.07, 6.45) is 3.91. The number of hydrogen-bond donors (Lipinski definition) is 1. The molecule has 0 N–H and O–H groups in total. The fraction of sp³-hybridized carbons (Fsp3) is 0.538. The van der Waals surface area contributed by atoms with Crippen molar-refractivity contribution in [3.63, 3.8) is 0 Å². The standard InChI is InChI=1S/C13H20S2/c1-12-6-5-7-13(10-12)11-15-9-4-2-3-8-14/h5-7,10,14H,2-4,8-9,11H2,1H3. The fourth-order valence-electron chi connectivity index (χ4n) is 1.48. The van der Waals surface area contributed by atoms with E-state index in [9.17, 15) is 0 Å². The molecule has 2 heteroatoms. The second-order valence-corrected chi connectivity index (χ2v) is 5.38. The van der Waals surface area contributed by atoms with Gasteiger partial charge in [-0.15, -0.1) is 0 Å². The molecule has 1 rings (SSSR count). The van der Waals surface area contributed by atoms with Crippen LogP contribution in [0.3, 0.4) is 0 Å². The van der Waals surface area contributed by atoms with Crippen molar-refractivity contribution in [3.05, 3.63) is 35.4 Å². The number of rotatable bonds is 7. The number of benzene rings is 1. The summed E-state index contributed by atoms with van der Waals surface area (Å²) in [7, 11) is 0. The molecule has 1 aromatic carbocycles. The summed E-state index contributed by atoms with van der Waals surface area (Å²) in [6, 6.07) is 8.79. The van der Waals surface area contributed by atoms with Crippen LogP contribution in [0.4, 0.5) is 0 Å². The van der Waals surface area contributed by atoms with Gasteiger partial charge in [0.1, 0.15) is 0 Å². The monoisotopic (exact) mass is 240 g/mol. The molecule has 0 fully saturated rings. The zero-order valence-corrected chi connectivity index (χ0v) is 11.1. The van der Waals surface area contributed by atoms with Crippen LogP contribution in [0.25, 0.3) is 0 Å². The summed E-state index contributed by atoms with van der Waals surface area (Å²) >= 11 is 6.25. The van der Waals surface area contributed by atoms with E-state index in [4.69, 9.17) is 0 Å². The van der Waals surface area contributed by atoms with Crippen LogP contribution in [0.5, 0.6) is 0 Å². The highest BCUT2D eigenvalue weighted by Gasteiger charge is 1.94. The quantitative estimate of drug-likeness (QED) is 0.547. The smallest absolute Gasteiger partial charge is 0.0184 e. The Morgan fingerprint density at radius 2 is 2.07 bits per heavy atom. The maximum atomic E-state index is 4.21. The molecule has 0 atom stereocenters. The second kappa shape index (κ2) is 8.12.